The van der Waals surface area contributed by atoms with Crippen molar-refractivity contribution >= 4 is 28.4 Å². The lowest BCUT2D eigenvalue weighted by molar-refractivity contribution is 0.0106. The molecule has 3 aromatic carbocycles. The summed E-state index contributed by atoms with van der Waals surface area (Å²) in [6, 6.07) is 19.4. The zero-order chi connectivity index (χ0) is 37.3. The van der Waals surface area contributed by atoms with Crippen LogP contribution < -0.4 is 25.7 Å². The number of halogens is 2. The molecule has 1 aliphatic rings. The van der Waals surface area contributed by atoms with Crippen LogP contribution in [0.1, 0.15) is 55.5 Å². The number of rotatable bonds is 11. The minimum absolute atomic E-state index is 0.0762. The monoisotopic (exact) mass is 721 g/mol. The molecule has 3 heterocycles. The van der Waals surface area contributed by atoms with Crippen LogP contribution in [0.4, 0.5) is 20.3 Å². The Bertz CT molecular complexity index is 2350. The number of amides is 1. The van der Waals surface area contributed by atoms with E-state index >= 15 is 4.39 Å². The molecule has 0 bridgehead atoms. The van der Waals surface area contributed by atoms with Crippen LogP contribution >= 0.6 is 0 Å². The molecule has 0 atom stereocenters. The summed E-state index contributed by atoms with van der Waals surface area (Å²) in [6.07, 6.45) is 6.13. The molecule has 0 radical (unpaired) electrons. The van der Waals surface area contributed by atoms with Crippen LogP contribution in [0.3, 0.4) is 0 Å². The first-order valence-electron chi connectivity index (χ1n) is 17.1. The molecule has 53 heavy (non-hydrogen) atoms. The number of hydrogen-bond donors (Lipinski definition) is 3. The van der Waals surface area contributed by atoms with Crippen molar-refractivity contribution in [2.24, 2.45) is 0 Å². The Balaban J connectivity index is 1.19. The van der Waals surface area contributed by atoms with Crippen LogP contribution in [-0.4, -0.2) is 53.8 Å². The van der Waals surface area contributed by atoms with Crippen LogP contribution in [-0.2, 0) is 6.54 Å². The van der Waals surface area contributed by atoms with Crippen molar-refractivity contribution in [1.29, 1.82) is 0 Å². The molecule has 0 unspecified atom stereocenters. The number of methoxy groups -OCH3 is 1. The maximum absolute atomic E-state index is 15.7. The number of nitrogens with zero attached hydrogens (tertiary/aromatic N) is 5. The highest BCUT2D eigenvalue weighted by molar-refractivity contribution is 6.04. The fourth-order valence-corrected chi connectivity index (χ4v) is 6.68. The van der Waals surface area contributed by atoms with Crippen LogP contribution in [0.5, 0.6) is 17.2 Å². The lowest BCUT2D eigenvalue weighted by Gasteiger charge is -2.41. The summed E-state index contributed by atoms with van der Waals surface area (Å²) < 4.78 is 43.3. The minimum Gasteiger partial charge on any atom is -0.497 e. The van der Waals surface area contributed by atoms with E-state index in [1.807, 2.05) is 24.3 Å². The molecule has 1 fully saturated rings. The molecule has 6 aromatic rings. The molecule has 1 amide bonds. The van der Waals surface area contributed by atoms with Crippen LogP contribution in [0, 0.1) is 11.6 Å². The van der Waals surface area contributed by atoms with E-state index in [2.05, 4.69) is 20.7 Å². The van der Waals surface area contributed by atoms with Crippen molar-refractivity contribution in [3.63, 3.8) is 0 Å². The van der Waals surface area contributed by atoms with Crippen molar-refractivity contribution in [3.8, 4) is 22.9 Å². The maximum Gasteiger partial charge on any atom is 0.284 e. The van der Waals surface area contributed by atoms with Gasteiger partial charge in [0.25, 0.3) is 11.5 Å². The SMILES string of the molecule is COc1ccc(Cn2nc(NC3(C(C)(C)O)CCCC3)c3c(Oc4ccc(NC(=O)c5ccnn(-c6ccc(F)cc6)c5=O)cc4F)ccnc32)cc1. The van der Waals surface area contributed by atoms with Gasteiger partial charge in [-0.2, -0.15) is 14.9 Å². The second kappa shape index (κ2) is 14.1. The Kier molecular flexibility index (Phi) is 9.39. The average Bonchev–Trinajstić information content (AvgIpc) is 3.76. The fraction of sp³-hybridized carbons (Fsp3) is 0.256. The van der Waals surface area contributed by atoms with E-state index in [9.17, 15) is 19.1 Å². The highest BCUT2D eigenvalue weighted by Crippen LogP contribution is 2.44. The zero-order valence-corrected chi connectivity index (χ0v) is 29.3. The molecule has 3 N–H and O–H groups in total. The molecule has 7 rings (SSSR count). The van der Waals surface area contributed by atoms with Gasteiger partial charge in [-0.15, -0.1) is 0 Å². The minimum atomic E-state index is -1.09. The van der Waals surface area contributed by atoms with Crippen molar-refractivity contribution in [1.82, 2.24) is 24.5 Å². The third-order valence-corrected chi connectivity index (χ3v) is 9.64. The first-order valence-corrected chi connectivity index (χ1v) is 17.1. The summed E-state index contributed by atoms with van der Waals surface area (Å²) in [5.74, 6) is -0.757. The molecule has 3 aromatic heterocycles. The predicted molar refractivity (Wildman–Crippen MR) is 195 cm³/mol. The third-order valence-electron chi connectivity index (χ3n) is 9.64. The summed E-state index contributed by atoms with van der Waals surface area (Å²) in [7, 11) is 1.60. The molecule has 272 valence electrons. The van der Waals surface area contributed by atoms with Crippen molar-refractivity contribution in [2.45, 2.75) is 57.2 Å². The van der Waals surface area contributed by atoms with Gasteiger partial charge in [0.15, 0.2) is 23.0 Å². The highest BCUT2D eigenvalue weighted by Gasteiger charge is 2.47. The van der Waals surface area contributed by atoms with Gasteiger partial charge in [0, 0.05) is 30.2 Å². The summed E-state index contributed by atoms with van der Waals surface area (Å²) in [4.78, 5) is 30.8. The number of anilines is 2. The third kappa shape index (κ3) is 7.05. The van der Waals surface area contributed by atoms with E-state index in [1.54, 1.807) is 37.9 Å². The second-order valence-corrected chi connectivity index (χ2v) is 13.5. The highest BCUT2D eigenvalue weighted by atomic mass is 19.1. The number of hydrogen-bond acceptors (Lipinski definition) is 9. The molecular weight excluding hydrogens is 684 g/mol. The van der Waals surface area contributed by atoms with Gasteiger partial charge in [-0.05, 0) is 86.8 Å². The second-order valence-electron chi connectivity index (χ2n) is 13.5. The average molecular weight is 722 g/mol. The largest absolute Gasteiger partial charge is 0.497 e. The van der Waals surface area contributed by atoms with Crippen LogP contribution in [0.15, 0.2) is 96.1 Å². The first-order chi connectivity index (χ1) is 25.4. The van der Waals surface area contributed by atoms with E-state index in [0.717, 1.165) is 47.7 Å². The van der Waals surface area contributed by atoms with E-state index < -0.39 is 34.2 Å². The molecule has 0 spiro atoms. The Morgan fingerprint density at radius 2 is 1.70 bits per heavy atom. The van der Waals surface area contributed by atoms with E-state index in [-0.39, 0.29) is 28.4 Å². The number of pyridine rings is 1. The summed E-state index contributed by atoms with van der Waals surface area (Å²) in [5.41, 5.74) is -0.972. The molecular formula is C39H37F2N7O5. The molecule has 0 aliphatic heterocycles. The van der Waals surface area contributed by atoms with Gasteiger partial charge < -0.3 is 25.2 Å². The number of nitrogens with one attached hydrogen (secondary N) is 2. The molecule has 14 heteroatoms. The quantitative estimate of drug-likeness (QED) is 0.131. The summed E-state index contributed by atoms with van der Waals surface area (Å²) in [6.45, 7) is 3.93. The van der Waals surface area contributed by atoms with Gasteiger partial charge in [0.2, 0.25) is 0 Å². The normalized spacial score (nSPS) is 13.9. The number of benzene rings is 3. The first kappa shape index (κ1) is 35.3. The lowest BCUT2D eigenvalue weighted by atomic mass is 9.80. The van der Waals surface area contributed by atoms with E-state index in [0.29, 0.717) is 23.4 Å². The standard InChI is InChI=1S/C39H37F2N7O5/c1-38(2,51)39(18-4-5-19-39)45-34-33-32(17-20-42-35(33)47(46-34)23-24-6-13-28(52-3)14-7-24)53-31-15-10-26(22-30(31)41)44-36(49)29-16-21-43-48(37(29)50)27-11-8-25(40)9-12-27/h6-17,20-22,51H,4-5,18-19,23H2,1-3H3,(H,44,49)(H,45,46). The van der Waals surface area contributed by atoms with Gasteiger partial charge in [0.05, 0.1) is 30.5 Å². The van der Waals surface area contributed by atoms with Crippen molar-refractivity contribution in [3.05, 3.63) is 124 Å². The van der Waals surface area contributed by atoms with Crippen molar-refractivity contribution < 1.29 is 28.2 Å². The Morgan fingerprint density at radius 3 is 2.38 bits per heavy atom. The summed E-state index contributed by atoms with van der Waals surface area (Å²) >= 11 is 0. The van der Waals surface area contributed by atoms with Gasteiger partial charge in [-0.3, -0.25) is 9.59 Å². The number of carbonyl (C=O) groups is 1. The number of ether oxygens (including phenoxy) is 2. The number of carbonyl (C=O) groups excluding carboxylic acids is 1. The van der Waals surface area contributed by atoms with Crippen LogP contribution in [0.25, 0.3) is 16.7 Å². The lowest BCUT2D eigenvalue weighted by Crippen LogP contribution is -2.54. The molecule has 0 saturated heterocycles. The zero-order valence-electron chi connectivity index (χ0n) is 29.3. The Labute approximate surface area is 303 Å². The van der Waals surface area contributed by atoms with Gasteiger partial charge in [-0.25, -0.2) is 18.4 Å². The van der Waals surface area contributed by atoms with Gasteiger partial charge in [-0.1, -0.05) is 25.0 Å². The number of aromatic nitrogens is 5. The van der Waals surface area contributed by atoms with Crippen molar-refractivity contribution in [2.75, 3.05) is 17.7 Å². The Hall–Kier alpha value is -6.15. The van der Waals surface area contributed by atoms with E-state index in [4.69, 9.17) is 14.6 Å². The number of fused-ring (bicyclic) bond motifs is 1. The van der Waals surface area contributed by atoms with Crippen LogP contribution in [0.2, 0.25) is 0 Å². The van der Waals surface area contributed by atoms with Gasteiger partial charge in [0.1, 0.15) is 28.3 Å². The molecule has 1 saturated carbocycles. The molecule has 12 nitrogen and oxygen atoms in total. The number of aliphatic hydroxyl groups is 1. The molecule has 1 aliphatic carbocycles. The smallest absolute Gasteiger partial charge is 0.284 e. The van der Waals surface area contributed by atoms with Gasteiger partial charge >= 0.3 is 0 Å². The topological polar surface area (TPSA) is 145 Å². The Morgan fingerprint density at radius 1 is 0.962 bits per heavy atom. The fourth-order valence-electron chi connectivity index (χ4n) is 6.68. The summed E-state index contributed by atoms with van der Waals surface area (Å²) in [5, 5.41) is 26.8. The van der Waals surface area contributed by atoms with E-state index in [1.165, 1.54) is 48.7 Å². The maximum atomic E-state index is 15.7. The predicted octanol–water partition coefficient (Wildman–Crippen LogP) is 6.85.